The average Bonchev–Trinajstić information content (AvgIpc) is 3.20. The Kier molecular flexibility index (Phi) is 7.33. The summed E-state index contributed by atoms with van der Waals surface area (Å²) in [5.74, 6) is -0.189. The van der Waals surface area contributed by atoms with Gasteiger partial charge in [0.25, 0.3) is 5.91 Å². The lowest BCUT2D eigenvalue weighted by Crippen LogP contribution is -2.41. The molecule has 34 heavy (non-hydrogen) atoms. The number of carbonyl (C=O) groups excluding carboxylic acids is 1. The highest BCUT2D eigenvalue weighted by Crippen LogP contribution is 2.27. The largest absolute Gasteiger partial charge is 0.481 e. The molecular formula is C23H24N6O5. The number of carbonyl (C=O) groups is 3. The van der Waals surface area contributed by atoms with Gasteiger partial charge in [0.05, 0.1) is 5.39 Å². The molecule has 2 aromatic heterocycles. The van der Waals surface area contributed by atoms with Crippen LogP contribution in [0.1, 0.15) is 46.7 Å². The Morgan fingerprint density at radius 2 is 1.82 bits per heavy atom. The van der Waals surface area contributed by atoms with Crippen molar-refractivity contribution in [3.05, 3.63) is 47.2 Å². The van der Waals surface area contributed by atoms with Crippen LogP contribution in [0.2, 0.25) is 0 Å². The lowest BCUT2D eigenvalue weighted by atomic mass is 9.92. The van der Waals surface area contributed by atoms with Gasteiger partial charge in [0.2, 0.25) is 5.95 Å². The Labute approximate surface area is 194 Å². The van der Waals surface area contributed by atoms with Crippen LogP contribution >= 0.6 is 0 Å². The Balaban J connectivity index is 1.67. The maximum atomic E-state index is 12.4. The van der Waals surface area contributed by atoms with Crippen LogP contribution < -0.4 is 16.8 Å². The van der Waals surface area contributed by atoms with Crippen molar-refractivity contribution in [2.45, 2.75) is 37.6 Å². The van der Waals surface area contributed by atoms with E-state index in [2.05, 4.69) is 26.2 Å². The first kappa shape index (κ1) is 24.1. The first-order valence-electron chi connectivity index (χ1n) is 10.4. The van der Waals surface area contributed by atoms with Crippen molar-refractivity contribution in [1.29, 1.82) is 0 Å². The summed E-state index contributed by atoms with van der Waals surface area (Å²) in [5.41, 5.74) is 14.1. The van der Waals surface area contributed by atoms with E-state index in [1.165, 1.54) is 0 Å². The van der Waals surface area contributed by atoms with Gasteiger partial charge < -0.3 is 32.0 Å². The molecule has 0 saturated carbocycles. The maximum absolute atomic E-state index is 12.4. The Hall–Kier alpha value is -4.59. The number of anilines is 2. The number of amides is 1. The molecule has 0 radical (unpaired) electrons. The fourth-order valence-corrected chi connectivity index (χ4v) is 3.62. The number of fused-ring (bicyclic) bond motifs is 1. The topological polar surface area (TPSA) is 197 Å². The number of aromatic nitrogens is 3. The standard InChI is InChI=1S/C23H24N6O5/c1-2-12(3-8-15-11-26-20-18(15)19(24)28-23(25)29-20)13-4-6-14(7-5-13)21(32)27-16(22(33)34)9-10-17(30)31/h1,4-7,11-12,16H,3,8-10H2,(H,27,32)(H,30,31)(H,33,34)(H5,24,25,26,28,29)/t12?,16-/m0/s1. The summed E-state index contributed by atoms with van der Waals surface area (Å²) in [6, 6.07) is 5.21. The quantitative estimate of drug-likeness (QED) is 0.241. The van der Waals surface area contributed by atoms with Gasteiger partial charge in [0.15, 0.2) is 0 Å². The van der Waals surface area contributed by atoms with Crippen LogP contribution in [0.4, 0.5) is 11.8 Å². The highest BCUT2D eigenvalue weighted by atomic mass is 16.4. The molecule has 8 N–H and O–H groups in total. The van der Waals surface area contributed by atoms with E-state index in [1.54, 1.807) is 30.5 Å². The molecular weight excluding hydrogens is 440 g/mol. The minimum absolute atomic E-state index is 0.0839. The van der Waals surface area contributed by atoms with E-state index in [1.807, 2.05) is 0 Å². The van der Waals surface area contributed by atoms with E-state index in [-0.39, 0.29) is 36.1 Å². The minimum atomic E-state index is -1.30. The van der Waals surface area contributed by atoms with Crippen molar-refractivity contribution in [2.24, 2.45) is 0 Å². The molecule has 3 rings (SSSR count). The van der Waals surface area contributed by atoms with Crippen LogP contribution in [0.15, 0.2) is 30.5 Å². The number of nitrogens with zero attached hydrogens (tertiary/aromatic N) is 2. The number of nitrogen functional groups attached to an aromatic ring is 2. The number of nitrogens with two attached hydrogens (primary N) is 2. The van der Waals surface area contributed by atoms with Gasteiger partial charge in [-0.2, -0.15) is 9.97 Å². The van der Waals surface area contributed by atoms with E-state index in [0.717, 1.165) is 11.1 Å². The van der Waals surface area contributed by atoms with Crippen LogP contribution in [-0.4, -0.2) is 49.1 Å². The average molecular weight is 464 g/mol. The van der Waals surface area contributed by atoms with Crippen molar-refractivity contribution < 1.29 is 24.6 Å². The second-order valence-electron chi connectivity index (χ2n) is 7.68. The number of hydrogen-bond donors (Lipinski definition) is 6. The fraction of sp³-hybridized carbons (Fsp3) is 0.261. The highest BCUT2D eigenvalue weighted by molar-refractivity contribution is 5.96. The van der Waals surface area contributed by atoms with Crippen molar-refractivity contribution >= 4 is 40.6 Å². The third-order valence-corrected chi connectivity index (χ3v) is 5.39. The predicted molar refractivity (Wildman–Crippen MR) is 125 cm³/mol. The molecule has 0 bridgehead atoms. The number of rotatable bonds is 10. The van der Waals surface area contributed by atoms with E-state index < -0.39 is 23.9 Å². The zero-order valence-electron chi connectivity index (χ0n) is 18.1. The third-order valence-electron chi connectivity index (χ3n) is 5.39. The molecule has 1 aromatic carbocycles. The molecule has 11 nitrogen and oxygen atoms in total. The normalized spacial score (nSPS) is 12.6. The SMILES string of the molecule is C#CC(CCc1c[nH]c2nc(N)nc(N)c12)c1ccc(C(=O)N[C@@H](CCC(=O)O)C(=O)O)cc1. The monoisotopic (exact) mass is 464 g/mol. The van der Waals surface area contributed by atoms with Gasteiger partial charge in [0.1, 0.15) is 17.5 Å². The second kappa shape index (κ2) is 10.4. The molecule has 11 heteroatoms. The van der Waals surface area contributed by atoms with Gasteiger partial charge in [-0.05, 0) is 42.5 Å². The molecule has 0 saturated heterocycles. The number of carboxylic acids is 2. The molecule has 0 aliphatic rings. The number of aromatic amines is 1. The first-order chi connectivity index (χ1) is 16.2. The van der Waals surface area contributed by atoms with E-state index in [9.17, 15) is 19.5 Å². The Morgan fingerprint density at radius 1 is 1.12 bits per heavy atom. The number of hydrogen-bond acceptors (Lipinski definition) is 7. The van der Waals surface area contributed by atoms with Crippen LogP contribution in [0.5, 0.6) is 0 Å². The summed E-state index contributed by atoms with van der Waals surface area (Å²) < 4.78 is 0. The van der Waals surface area contributed by atoms with Gasteiger partial charge >= 0.3 is 11.9 Å². The minimum Gasteiger partial charge on any atom is -0.481 e. The van der Waals surface area contributed by atoms with Crippen molar-refractivity contribution in [3.63, 3.8) is 0 Å². The van der Waals surface area contributed by atoms with Gasteiger partial charge in [-0.1, -0.05) is 18.1 Å². The third kappa shape index (κ3) is 5.60. The smallest absolute Gasteiger partial charge is 0.326 e. The number of carboxylic acid groups (broad SMARTS) is 2. The maximum Gasteiger partial charge on any atom is 0.326 e. The van der Waals surface area contributed by atoms with Gasteiger partial charge in [0, 0.05) is 24.1 Å². The fourth-order valence-electron chi connectivity index (χ4n) is 3.62. The van der Waals surface area contributed by atoms with E-state index >= 15 is 0 Å². The summed E-state index contributed by atoms with van der Waals surface area (Å²) in [5, 5.41) is 21.0. The molecule has 176 valence electrons. The van der Waals surface area contributed by atoms with Gasteiger partial charge in [-0.3, -0.25) is 9.59 Å². The van der Waals surface area contributed by atoms with E-state index in [0.29, 0.717) is 23.9 Å². The molecule has 1 unspecified atom stereocenters. The molecule has 1 amide bonds. The highest BCUT2D eigenvalue weighted by Gasteiger charge is 2.22. The molecule has 2 heterocycles. The van der Waals surface area contributed by atoms with Crippen molar-refractivity contribution in [3.8, 4) is 12.3 Å². The number of aliphatic carboxylic acids is 2. The number of aryl methyl sites for hydroxylation is 1. The van der Waals surface area contributed by atoms with Gasteiger partial charge in [-0.15, -0.1) is 6.42 Å². The summed E-state index contributed by atoms with van der Waals surface area (Å²) in [6.07, 6.45) is 8.13. The molecule has 0 aliphatic carbocycles. The summed E-state index contributed by atoms with van der Waals surface area (Å²) in [6.45, 7) is 0. The van der Waals surface area contributed by atoms with Crippen LogP contribution in [0.3, 0.4) is 0 Å². The summed E-state index contributed by atoms with van der Waals surface area (Å²) >= 11 is 0. The summed E-state index contributed by atoms with van der Waals surface area (Å²) in [4.78, 5) is 45.6. The van der Waals surface area contributed by atoms with Crippen LogP contribution in [0, 0.1) is 12.3 Å². The van der Waals surface area contributed by atoms with E-state index in [4.69, 9.17) is 23.0 Å². The molecule has 0 fully saturated rings. The van der Waals surface area contributed by atoms with Gasteiger partial charge in [-0.25, -0.2) is 4.79 Å². The molecule has 3 aromatic rings. The predicted octanol–water partition coefficient (Wildman–Crippen LogP) is 1.52. The second-order valence-corrected chi connectivity index (χ2v) is 7.68. The van der Waals surface area contributed by atoms with Crippen LogP contribution in [-0.2, 0) is 16.0 Å². The van der Waals surface area contributed by atoms with Crippen molar-refractivity contribution in [2.75, 3.05) is 11.5 Å². The lowest BCUT2D eigenvalue weighted by molar-refractivity contribution is -0.140. The molecule has 0 aliphatic heterocycles. The summed E-state index contributed by atoms with van der Waals surface area (Å²) in [7, 11) is 0. The Morgan fingerprint density at radius 3 is 2.44 bits per heavy atom. The van der Waals surface area contributed by atoms with Crippen LogP contribution in [0.25, 0.3) is 11.0 Å². The van der Waals surface area contributed by atoms with Crippen molar-refractivity contribution in [1.82, 2.24) is 20.3 Å². The lowest BCUT2D eigenvalue weighted by Gasteiger charge is -2.15. The zero-order chi connectivity index (χ0) is 24.8. The zero-order valence-corrected chi connectivity index (χ0v) is 18.1. The first-order valence-corrected chi connectivity index (χ1v) is 10.4. The number of nitrogens with one attached hydrogen (secondary N) is 2. The molecule has 0 spiro atoms. The number of benzene rings is 1. The number of terminal acetylenes is 1. The Bertz CT molecular complexity index is 1260. The molecule has 2 atom stereocenters. The number of H-pyrrole nitrogens is 1.